The molecule has 4 nitrogen and oxygen atoms in total. The molecule has 0 amide bonds. The number of hydrogen-bond donors (Lipinski definition) is 1. The van der Waals surface area contributed by atoms with Gasteiger partial charge >= 0.3 is 0 Å². The summed E-state index contributed by atoms with van der Waals surface area (Å²) in [6, 6.07) is 0.469. The molecular weight excluding hydrogens is 226 g/mol. The van der Waals surface area contributed by atoms with Gasteiger partial charge in [-0.05, 0) is 12.5 Å². The Kier molecular flexibility index (Phi) is 7.82. The number of nitrogens with zero attached hydrogens (tertiary/aromatic N) is 2. The number of piperazine rings is 1. The molecule has 0 aromatic heterocycles. The van der Waals surface area contributed by atoms with Gasteiger partial charge in [0.2, 0.25) is 0 Å². The minimum atomic E-state index is 0.469. The summed E-state index contributed by atoms with van der Waals surface area (Å²) in [5, 5.41) is 3.49. The lowest BCUT2D eigenvalue weighted by molar-refractivity contribution is 0.0932. The molecule has 108 valence electrons. The second-order valence-corrected chi connectivity index (χ2v) is 5.71. The molecule has 1 rings (SSSR count). The fourth-order valence-corrected chi connectivity index (χ4v) is 2.65. The van der Waals surface area contributed by atoms with Gasteiger partial charge < -0.3 is 15.0 Å². The topological polar surface area (TPSA) is 27.7 Å². The van der Waals surface area contributed by atoms with Crippen LogP contribution in [0.1, 0.15) is 20.8 Å². The van der Waals surface area contributed by atoms with Gasteiger partial charge in [-0.1, -0.05) is 20.8 Å². The van der Waals surface area contributed by atoms with E-state index in [0.29, 0.717) is 6.04 Å². The van der Waals surface area contributed by atoms with Gasteiger partial charge in [0.25, 0.3) is 0 Å². The predicted molar refractivity (Wildman–Crippen MR) is 77.1 cm³/mol. The average Bonchev–Trinajstić information content (AvgIpc) is 2.31. The zero-order valence-corrected chi connectivity index (χ0v) is 12.6. The van der Waals surface area contributed by atoms with E-state index in [0.717, 1.165) is 25.6 Å². The lowest BCUT2D eigenvalue weighted by Gasteiger charge is -2.37. The highest BCUT2D eigenvalue weighted by molar-refractivity contribution is 4.77. The Morgan fingerprint density at radius 2 is 1.61 bits per heavy atom. The number of nitrogens with one attached hydrogen (secondary N) is 1. The molecule has 1 N–H and O–H groups in total. The standard InChI is InChI=1S/C14H31N3O/c1-5-15-14(12-18-4)11-17-8-6-16(7-9-17)10-13(2)3/h13-15H,5-12H2,1-4H3. The summed E-state index contributed by atoms with van der Waals surface area (Å²) in [5.74, 6) is 0.777. The van der Waals surface area contributed by atoms with Gasteiger partial charge in [-0.15, -0.1) is 0 Å². The molecule has 1 fully saturated rings. The summed E-state index contributed by atoms with van der Waals surface area (Å²) in [6.07, 6.45) is 0. The zero-order chi connectivity index (χ0) is 13.4. The molecule has 0 radical (unpaired) electrons. The van der Waals surface area contributed by atoms with E-state index in [4.69, 9.17) is 4.74 Å². The SMILES string of the molecule is CCNC(COC)CN1CCN(CC(C)C)CC1. The molecule has 0 bridgehead atoms. The van der Waals surface area contributed by atoms with Crippen molar-refractivity contribution in [2.45, 2.75) is 26.8 Å². The number of likely N-dealkylation sites (N-methyl/N-ethyl adjacent to an activating group) is 1. The van der Waals surface area contributed by atoms with Crippen LogP contribution in [0.15, 0.2) is 0 Å². The number of rotatable bonds is 8. The van der Waals surface area contributed by atoms with Crippen LogP contribution >= 0.6 is 0 Å². The molecule has 0 aromatic rings. The van der Waals surface area contributed by atoms with E-state index in [1.165, 1.54) is 32.7 Å². The Balaban J connectivity index is 2.24. The first kappa shape index (κ1) is 15.9. The van der Waals surface area contributed by atoms with Crippen molar-refractivity contribution in [3.63, 3.8) is 0 Å². The Morgan fingerprint density at radius 3 is 2.06 bits per heavy atom. The Labute approximate surface area is 113 Å². The minimum Gasteiger partial charge on any atom is -0.383 e. The highest BCUT2D eigenvalue weighted by Gasteiger charge is 2.19. The van der Waals surface area contributed by atoms with E-state index in [1.807, 2.05) is 0 Å². The van der Waals surface area contributed by atoms with Crippen LogP contribution in [-0.2, 0) is 4.74 Å². The Morgan fingerprint density at radius 1 is 1.06 bits per heavy atom. The van der Waals surface area contributed by atoms with Crippen molar-refractivity contribution < 1.29 is 4.74 Å². The summed E-state index contributed by atoms with van der Waals surface area (Å²) >= 11 is 0. The summed E-state index contributed by atoms with van der Waals surface area (Å²) in [7, 11) is 1.78. The molecule has 1 aliphatic rings. The second-order valence-electron chi connectivity index (χ2n) is 5.71. The van der Waals surface area contributed by atoms with E-state index < -0.39 is 0 Å². The quantitative estimate of drug-likeness (QED) is 0.699. The van der Waals surface area contributed by atoms with Crippen LogP contribution in [-0.4, -0.2) is 75.4 Å². The first-order chi connectivity index (χ1) is 8.65. The van der Waals surface area contributed by atoms with Crippen LogP contribution in [0.5, 0.6) is 0 Å². The molecule has 1 heterocycles. The van der Waals surface area contributed by atoms with Crippen molar-refractivity contribution in [2.24, 2.45) is 5.92 Å². The monoisotopic (exact) mass is 257 g/mol. The van der Waals surface area contributed by atoms with Gasteiger partial charge in [0.1, 0.15) is 0 Å². The molecule has 0 spiro atoms. The molecule has 18 heavy (non-hydrogen) atoms. The summed E-state index contributed by atoms with van der Waals surface area (Å²) < 4.78 is 5.27. The highest BCUT2D eigenvalue weighted by atomic mass is 16.5. The third-order valence-corrected chi connectivity index (χ3v) is 3.43. The van der Waals surface area contributed by atoms with Crippen LogP contribution < -0.4 is 5.32 Å². The lowest BCUT2D eigenvalue weighted by Crippen LogP contribution is -2.52. The maximum Gasteiger partial charge on any atom is 0.0628 e. The summed E-state index contributed by atoms with van der Waals surface area (Å²) in [5.41, 5.74) is 0. The van der Waals surface area contributed by atoms with Crippen LogP contribution in [0.2, 0.25) is 0 Å². The van der Waals surface area contributed by atoms with Gasteiger partial charge in [-0.25, -0.2) is 0 Å². The molecule has 0 aromatic carbocycles. The first-order valence-electron chi connectivity index (χ1n) is 7.32. The largest absolute Gasteiger partial charge is 0.383 e. The van der Waals surface area contributed by atoms with Gasteiger partial charge in [0, 0.05) is 52.4 Å². The van der Waals surface area contributed by atoms with Crippen LogP contribution in [0.3, 0.4) is 0 Å². The molecular formula is C14H31N3O. The van der Waals surface area contributed by atoms with E-state index in [-0.39, 0.29) is 0 Å². The summed E-state index contributed by atoms with van der Waals surface area (Å²) in [6.45, 7) is 15.7. The van der Waals surface area contributed by atoms with Gasteiger partial charge in [-0.2, -0.15) is 0 Å². The van der Waals surface area contributed by atoms with Crippen LogP contribution in [0.25, 0.3) is 0 Å². The van der Waals surface area contributed by atoms with E-state index in [1.54, 1.807) is 7.11 Å². The smallest absolute Gasteiger partial charge is 0.0628 e. The molecule has 1 aliphatic heterocycles. The third-order valence-electron chi connectivity index (χ3n) is 3.43. The maximum absolute atomic E-state index is 5.27. The Bertz CT molecular complexity index is 197. The number of methoxy groups -OCH3 is 1. The van der Waals surface area contributed by atoms with Gasteiger partial charge in [0.15, 0.2) is 0 Å². The lowest BCUT2D eigenvalue weighted by atomic mass is 10.2. The fourth-order valence-electron chi connectivity index (χ4n) is 2.65. The van der Waals surface area contributed by atoms with Crippen molar-refractivity contribution in [1.82, 2.24) is 15.1 Å². The molecule has 0 aliphatic carbocycles. The zero-order valence-electron chi connectivity index (χ0n) is 12.6. The van der Waals surface area contributed by atoms with Crippen molar-refractivity contribution in [1.29, 1.82) is 0 Å². The average molecular weight is 257 g/mol. The van der Waals surface area contributed by atoms with E-state index >= 15 is 0 Å². The van der Waals surface area contributed by atoms with Crippen molar-refractivity contribution >= 4 is 0 Å². The van der Waals surface area contributed by atoms with Crippen molar-refractivity contribution in [3.05, 3.63) is 0 Å². The molecule has 0 saturated carbocycles. The number of ether oxygens (including phenoxy) is 1. The van der Waals surface area contributed by atoms with Crippen molar-refractivity contribution in [3.8, 4) is 0 Å². The molecule has 1 saturated heterocycles. The van der Waals surface area contributed by atoms with E-state index in [9.17, 15) is 0 Å². The molecule has 1 atom stereocenters. The predicted octanol–water partition coefficient (Wildman–Crippen LogP) is 0.885. The minimum absolute atomic E-state index is 0.469. The number of hydrogen-bond acceptors (Lipinski definition) is 4. The fraction of sp³-hybridized carbons (Fsp3) is 1.00. The van der Waals surface area contributed by atoms with E-state index in [2.05, 4.69) is 35.9 Å². The maximum atomic E-state index is 5.27. The molecule has 1 unspecified atom stereocenters. The van der Waals surface area contributed by atoms with Gasteiger partial charge in [-0.3, -0.25) is 4.90 Å². The Hall–Kier alpha value is -0.160. The normalized spacial score (nSPS) is 20.5. The highest BCUT2D eigenvalue weighted by Crippen LogP contribution is 2.06. The second kappa shape index (κ2) is 8.86. The summed E-state index contributed by atoms with van der Waals surface area (Å²) in [4.78, 5) is 5.14. The van der Waals surface area contributed by atoms with Gasteiger partial charge in [0.05, 0.1) is 6.61 Å². The van der Waals surface area contributed by atoms with Crippen molar-refractivity contribution in [2.75, 3.05) is 59.5 Å². The van der Waals surface area contributed by atoms with Crippen LogP contribution in [0.4, 0.5) is 0 Å². The van der Waals surface area contributed by atoms with Crippen LogP contribution in [0, 0.1) is 5.92 Å². The molecule has 4 heteroatoms. The first-order valence-corrected chi connectivity index (χ1v) is 7.32. The third kappa shape index (κ3) is 6.14.